The van der Waals surface area contributed by atoms with Gasteiger partial charge in [-0.15, -0.1) is 0 Å². The van der Waals surface area contributed by atoms with Gasteiger partial charge in [-0.1, -0.05) is 15.9 Å². The molecule has 76 valence electrons. The van der Waals surface area contributed by atoms with Crippen LogP contribution in [0.4, 0.5) is 5.82 Å². The Balaban J connectivity index is 2.52. The molecule has 0 amide bonds. The lowest BCUT2D eigenvalue weighted by Gasteiger charge is -2.06. The second-order valence-electron chi connectivity index (χ2n) is 3.15. The maximum Gasteiger partial charge on any atom is 0.131 e. The van der Waals surface area contributed by atoms with Gasteiger partial charge in [0.2, 0.25) is 0 Å². The molecule has 0 spiro atoms. The zero-order valence-corrected chi connectivity index (χ0v) is 9.61. The zero-order valence-electron chi connectivity index (χ0n) is 8.02. The average molecular weight is 264 g/mol. The zero-order chi connectivity index (χ0) is 10.7. The number of halogens is 1. The Labute approximate surface area is 96.5 Å². The molecule has 0 aliphatic carbocycles. The first kappa shape index (κ1) is 10.1. The lowest BCUT2D eigenvalue weighted by atomic mass is 10.1. The highest BCUT2D eigenvalue weighted by Crippen LogP contribution is 2.24. The molecule has 15 heavy (non-hydrogen) atoms. The van der Waals surface area contributed by atoms with Gasteiger partial charge in [-0.25, -0.2) is 4.98 Å². The van der Waals surface area contributed by atoms with E-state index in [1.165, 1.54) is 0 Å². The molecule has 0 radical (unpaired) electrons. The largest absolute Gasteiger partial charge is 0.383 e. The molecule has 0 aromatic carbocycles. The monoisotopic (exact) mass is 263 g/mol. The number of hydrogen-bond acceptors (Lipinski definition) is 3. The molecule has 3 nitrogen and oxygen atoms in total. The maximum atomic E-state index is 5.83. The highest BCUT2D eigenvalue weighted by atomic mass is 79.9. The van der Waals surface area contributed by atoms with E-state index >= 15 is 0 Å². The van der Waals surface area contributed by atoms with Crippen LogP contribution >= 0.6 is 15.9 Å². The van der Waals surface area contributed by atoms with E-state index in [4.69, 9.17) is 5.73 Å². The molecule has 0 unspecified atom stereocenters. The van der Waals surface area contributed by atoms with E-state index in [2.05, 4.69) is 25.9 Å². The molecule has 2 rings (SSSR count). The fourth-order valence-electron chi connectivity index (χ4n) is 1.35. The van der Waals surface area contributed by atoms with Gasteiger partial charge in [-0.3, -0.25) is 4.98 Å². The van der Waals surface area contributed by atoms with Crippen LogP contribution in [-0.2, 0) is 5.33 Å². The van der Waals surface area contributed by atoms with Crippen molar-refractivity contribution in [2.45, 2.75) is 5.33 Å². The summed E-state index contributed by atoms with van der Waals surface area (Å²) in [5, 5.41) is 0.776. The van der Waals surface area contributed by atoms with Crippen molar-refractivity contribution in [1.82, 2.24) is 9.97 Å². The first-order valence-electron chi connectivity index (χ1n) is 4.52. The molecule has 0 aliphatic rings. The summed E-state index contributed by atoms with van der Waals surface area (Å²) in [7, 11) is 0. The van der Waals surface area contributed by atoms with Crippen LogP contribution in [0.1, 0.15) is 5.56 Å². The number of aromatic nitrogens is 2. The van der Waals surface area contributed by atoms with Crippen LogP contribution in [0.15, 0.2) is 36.8 Å². The predicted molar refractivity (Wildman–Crippen MR) is 64.5 cm³/mol. The van der Waals surface area contributed by atoms with Crippen LogP contribution in [0, 0.1) is 0 Å². The first-order chi connectivity index (χ1) is 7.31. The summed E-state index contributed by atoms with van der Waals surface area (Å²) in [6.45, 7) is 0. The van der Waals surface area contributed by atoms with Crippen LogP contribution in [0.2, 0.25) is 0 Å². The minimum absolute atomic E-state index is 0.547. The number of anilines is 1. The van der Waals surface area contributed by atoms with E-state index in [1.807, 2.05) is 18.2 Å². The Kier molecular flexibility index (Phi) is 2.97. The van der Waals surface area contributed by atoms with Crippen LogP contribution in [0.3, 0.4) is 0 Å². The lowest BCUT2D eigenvalue weighted by molar-refractivity contribution is 1.26. The number of nitrogen functional groups attached to an aromatic ring is 1. The van der Waals surface area contributed by atoms with Crippen LogP contribution < -0.4 is 5.73 Å². The third-order valence-electron chi connectivity index (χ3n) is 2.12. The normalized spacial score (nSPS) is 10.2. The van der Waals surface area contributed by atoms with E-state index < -0.39 is 0 Å². The Morgan fingerprint density at radius 1 is 1.27 bits per heavy atom. The molecule has 0 bridgehead atoms. The lowest BCUT2D eigenvalue weighted by Crippen LogP contribution is -1.95. The highest BCUT2D eigenvalue weighted by Gasteiger charge is 2.04. The Morgan fingerprint density at radius 2 is 2.00 bits per heavy atom. The van der Waals surface area contributed by atoms with E-state index in [1.54, 1.807) is 18.6 Å². The van der Waals surface area contributed by atoms with Crippen molar-refractivity contribution in [3.05, 3.63) is 42.4 Å². The molecule has 2 N–H and O–H groups in total. The summed E-state index contributed by atoms with van der Waals surface area (Å²) < 4.78 is 0. The quantitative estimate of drug-likeness (QED) is 0.848. The molecule has 2 aromatic heterocycles. The van der Waals surface area contributed by atoms with Crippen molar-refractivity contribution in [1.29, 1.82) is 0 Å². The van der Waals surface area contributed by atoms with E-state index in [0.29, 0.717) is 5.82 Å². The van der Waals surface area contributed by atoms with Gasteiger partial charge >= 0.3 is 0 Å². The number of pyridine rings is 2. The second kappa shape index (κ2) is 4.40. The standard InChI is InChI=1S/C11H10BrN3/c12-6-8-5-10(11(13)15-7-8)9-1-3-14-4-2-9/h1-5,7H,6H2,(H2,13,15). The predicted octanol–water partition coefficient (Wildman–Crippen LogP) is 2.62. The fourth-order valence-corrected chi connectivity index (χ4v) is 1.66. The van der Waals surface area contributed by atoms with Crippen LogP contribution in [0.25, 0.3) is 11.1 Å². The SMILES string of the molecule is Nc1ncc(CBr)cc1-c1ccncc1. The van der Waals surface area contributed by atoms with Gasteiger partial charge in [0.05, 0.1) is 0 Å². The van der Waals surface area contributed by atoms with Crippen molar-refractivity contribution in [2.75, 3.05) is 5.73 Å². The summed E-state index contributed by atoms with van der Waals surface area (Å²) in [5.74, 6) is 0.547. The van der Waals surface area contributed by atoms with Gasteiger partial charge in [0.15, 0.2) is 0 Å². The second-order valence-corrected chi connectivity index (χ2v) is 3.71. The molecular weight excluding hydrogens is 254 g/mol. The highest BCUT2D eigenvalue weighted by molar-refractivity contribution is 9.08. The molecule has 0 fully saturated rings. The van der Waals surface area contributed by atoms with Crippen molar-refractivity contribution >= 4 is 21.7 Å². The van der Waals surface area contributed by atoms with Crippen LogP contribution in [0.5, 0.6) is 0 Å². The van der Waals surface area contributed by atoms with Gasteiger partial charge < -0.3 is 5.73 Å². The maximum absolute atomic E-state index is 5.83. The number of nitrogens with zero attached hydrogens (tertiary/aromatic N) is 2. The van der Waals surface area contributed by atoms with Crippen molar-refractivity contribution in [3.63, 3.8) is 0 Å². The Morgan fingerprint density at radius 3 is 2.67 bits per heavy atom. The molecule has 2 heterocycles. The Bertz CT molecular complexity index is 457. The van der Waals surface area contributed by atoms with Crippen LogP contribution in [-0.4, -0.2) is 9.97 Å². The van der Waals surface area contributed by atoms with Gasteiger partial charge in [0.1, 0.15) is 5.82 Å². The molecule has 4 heteroatoms. The summed E-state index contributed by atoms with van der Waals surface area (Å²) in [4.78, 5) is 8.13. The van der Waals surface area contributed by atoms with Gasteiger partial charge in [-0.05, 0) is 29.3 Å². The molecule has 2 aromatic rings. The number of alkyl halides is 1. The topological polar surface area (TPSA) is 51.8 Å². The number of nitrogens with two attached hydrogens (primary N) is 1. The van der Waals surface area contributed by atoms with E-state index in [9.17, 15) is 0 Å². The van der Waals surface area contributed by atoms with Crippen molar-refractivity contribution in [3.8, 4) is 11.1 Å². The summed E-state index contributed by atoms with van der Waals surface area (Å²) in [6, 6.07) is 5.88. The van der Waals surface area contributed by atoms with Gasteiger partial charge in [-0.2, -0.15) is 0 Å². The third kappa shape index (κ3) is 2.15. The molecule has 0 saturated heterocycles. The molecule has 0 atom stereocenters. The third-order valence-corrected chi connectivity index (χ3v) is 2.77. The smallest absolute Gasteiger partial charge is 0.131 e. The van der Waals surface area contributed by atoms with E-state index in [-0.39, 0.29) is 0 Å². The average Bonchev–Trinajstić information content (AvgIpc) is 2.31. The minimum Gasteiger partial charge on any atom is -0.383 e. The summed E-state index contributed by atoms with van der Waals surface area (Å²) >= 11 is 3.40. The van der Waals surface area contributed by atoms with Gasteiger partial charge in [0.25, 0.3) is 0 Å². The van der Waals surface area contributed by atoms with Crippen molar-refractivity contribution in [2.24, 2.45) is 0 Å². The first-order valence-corrected chi connectivity index (χ1v) is 5.64. The molecule has 0 saturated carbocycles. The molecular formula is C11H10BrN3. The van der Waals surface area contributed by atoms with Crippen molar-refractivity contribution < 1.29 is 0 Å². The molecule has 0 aliphatic heterocycles. The summed E-state index contributed by atoms with van der Waals surface area (Å²) in [5.41, 5.74) is 8.93. The van der Waals surface area contributed by atoms with E-state index in [0.717, 1.165) is 22.0 Å². The Hall–Kier alpha value is -1.42. The fraction of sp³-hybridized carbons (Fsp3) is 0.0909. The van der Waals surface area contributed by atoms with Gasteiger partial charge in [0, 0.05) is 29.5 Å². The number of hydrogen-bond donors (Lipinski definition) is 1. The summed E-state index contributed by atoms with van der Waals surface area (Å²) in [6.07, 6.45) is 5.26. The minimum atomic E-state index is 0.547. The number of rotatable bonds is 2.